The van der Waals surface area contributed by atoms with E-state index in [1.165, 1.54) is 19.6 Å². The summed E-state index contributed by atoms with van der Waals surface area (Å²) in [4.78, 5) is 42.1. The number of carbonyl (C=O) groups excluding carboxylic acids is 3. The molecule has 5 aliphatic rings. The van der Waals surface area contributed by atoms with Crippen LogP contribution in [0.1, 0.15) is 51.2 Å². The zero-order valence-electron chi connectivity index (χ0n) is 23.9. The van der Waals surface area contributed by atoms with Crippen molar-refractivity contribution in [1.82, 2.24) is 4.90 Å². The van der Waals surface area contributed by atoms with Gasteiger partial charge in [-0.1, -0.05) is 31.2 Å². The lowest BCUT2D eigenvalue weighted by Gasteiger charge is -2.54. The van der Waals surface area contributed by atoms with E-state index in [0.717, 1.165) is 12.0 Å². The number of rotatable bonds is 4. The Labute approximate surface area is 239 Å². The van der Waals surface area contributed by atoms with Crippen molar-refractivity contribution in [2.45, 2.75) is 71.3 Å². The molecule has 218 valence electrons. The van der Waals surface area contributed by atoms with Gasteiger partial charge in [0.25, 0.3) is 0 Å². The number of carbonyl (C=O) groups is 3. The molecule has 1 aromatic carbocycles. The summed E-state index contributed by atoms with van der Waals surface area (Å²) >= 11 is 0. The Kier molecular flexibility index (Phi) is 6.65. The Balaban J connectivity index is 1.53. The van der Waals surface area contributed by atoms with Crippen molar-refractivity contribution in [1.29, 1.82) is 0 Å². The van der Waals surface area contributed by atoms with Gasteiger partial charge in [-0.2, -0.15) is 0 Å². The second-order valence-electron chi connectivity index (χ2n) is 12.4. The van der Waals surface area contributed by atoms with Crippen molar-refractivity contribution >= 4 is 17.7 Å². The summed E-state index contributed by atoms with van der Waals surface area (Å²) in [6.45, 7) is 6.28. The zero-order valence-corrected chi connectivity index (χ0v) is 23.9. The highest BCUT2D eigenvalue weighted by molar-refractivity contribution is 6.13. The van der Waals surface area contributed by atoms with Gasteiger partial charge in [0.2, 0.25) is 5.78 Å². The number of hydrogen-bond acceptors (Lipinski definition) is 9. The normalized spacial score (nSPS) is 35.5. The summed E-state index contributed by atoms with van der Waals surface area (Å²) in [6, 6.07) is 8.13. The molecule has 1 saturated carbocycles. The monoisotopic (exact) mass is 563 g/mol. The van der Waals surface area contributed by atoms with Crippen molar-refractivity contribution in [2.75, 3.05) is 20.3 Å². The van der Waals surface area contributed by atoms with Gasteiger partial charge in [-0.05, 0) is 55.2 Å². The van der Waals surface area contributed by atoms with Crippen molar-refractivity contribution < 1.29 is 38.8 Å². The average molecular weight is 564 g/mol. The number of cyclic esters (lactones) is 1. The van der Waals surface area contributed by atoms with Crippen LogP contribution in [-0.2, 0) is 41.6 Å². The molecule has 1 unspecified atom stereocenters. The second kappa shape index (κ2) is 9.84. The van der Waals surface area contributed by atoms with Crippen LogP contribution in [0, 0.1) is 16.7 Å². The number of aliphatic hydroxyl groups is 2. The van der Waals surface area contributed by atoms with Crippen LogP contribution in [0.25, 0.3) is 0 Å². The van der Waals surface area contributed by atoms with E-state index in [2.05, 4.69) is 12.1 Å². The number of Topliss-reactive ketones (excluding diaryl/α,β-unsaturated/α-hetero) is 1. The molecule has 6 rings (SSSR count). The van der Waals surface area contributed by atoms with E-state index in [4.69, 9.17) is 14.2 Å². The number of ketones is 1. The predicted molar refractivity (Wildman–Crippen MR) is 147 cm³/mol. The summed E-state index contributed by atoms with van der Waals surface area (Å²) in [5, 5.41) is 22.7. The van der Waals surface area contributed by atoms with Gasteiger partial charge in [0, 0.05) is 49.9 Å². The summed E-state index contributed by atoms with van der Waals surface area (Å²) in [6.07, 6.45) is 1.40. The molecular formula is C32H37NO8. The van der Waals surface area contributed by atoms with Crippen LogP contribution in [0.3, 0.4) is 0 Å². The SMILES string of the molecule is COC[C@H]1OC(=O)C(=CN2CCc3ccccc3C2)C2=C(O)C(=O)C3=C([C@H](OC(C)=O)C[C@@]4(C)C3CC[C@@H]4O)[C@]21C. The van der Waals surface area contributed by atoms with Gasteiger partial charge < -0.3 is 29.3 Å². The first-order chi connectivity index (χ1) is 19.5. The molecule has 1 aromatic rings. The number of aliphatic hydroxyl groups excluding tert-OH is 2. The van der Waals surface area contributed by atoms with E-state index >= 15 is 0 Å². The Morgan fingerprint density at radius 2 is 1.93 bits per heavy atom. The lowest BCUT2D eigenvalue weighted by Crippen LogP contribution is -2.57. The van der Waals surface area contributed by atoms with Crippen LogP contribution < -0.4 is 0 Å². The average Bonchev–Trinajstić information content (AvgIpc) is 3.22. The molecule has 0 radical (unpaired) electrons. The van der Waals surface area contributed by atoms with E-state index < -0.39 is 52.6 Å². The molecule has 9 nitrogen and oxygen atoms in total. The fourth-order valence-corrected chi connectivity index (χ4v) is 8.08. The fourth-order valence-electron chi connectivity index (χ4n) is 8.08. The number of hydrogen-bond donors (Lipinski definition) is 2. The minimum atomic E-state index is -1.22. The molecule has 2 aliphatic heterocycles. The van der Waals surface area contributed by atoms with Gasteiger partial charge in [-0.3, -0.25) is 9.59 Å². The van der Waals surface area contributed by atoms with Gasteiger partial charge in [-0.15, -0.1) is 0 Å². The summed E-state index contributed by atoms with van der Waals surface area (Å²) in [5.74, 6) is -2.61. The van der Waals surface area contributed by atoms with Crippen molar-refractivity contribution in [2.24, 2.45) is 16.7 Å². The van der Waals surface area contributed by atoms with Gasteiger partial charge in [0.1, 0.15) is 12.2 Å². The highest BCUT2D eigenvalue weighted by atomic mass is 16.6. The first-order valence-electron chi connectivity index (χ1n) is 14.3. The molecule has 0 spiro atoms. The standard InChI is InChI=1S/C32H37NO8/c1-17(34)40-22-13-31(2)21(9-10-23(31)35)25-27(22)32(3)24(16-39-4)41-30(38)20(26(32)29(37)28(25)36)15-33-12-11-18-7-5-6-8-19(18)14-33/h5-8,15,21-24,35,37H,9-14,16H2,1-4H3/t21?,22-,23+,24-,31+,32+/m1/s1. The van der Waals surface area contributed by atoms with E-state index in [0.29, 0.717) is 43.5 Å². The maximum absolute atomic E-state index is 14.1. The molecule has 3 aliphatic carbocycles. The van der Waals surface area contributed by atoms with E-state index in [1.54, 1.807) is 6.20 Å². The molecule has 2 N–H and O–H groups in total. The van der Waals surface area contributed by atoms with Crippen LogP contribution >= 0.6 is 0 Å². The molecule has 0 amide bonds. The minimum absolute atomic E-state index is 0.00567. The van der Waals surface area contributed by atoms with Gasteiger partial charge in [-0.25, -0.2) is 4.79 Å². The number of allylic oxidation sites excluding steroid dienone is 1. The predicted octanol–water partition coefficient (Wildman–Crippen LogP) is 3.31. The molecule has 0 aromatic heterocycles. The summed E-state index contributed by atoms with van der Waals surface area (Å²) in [5.41, 5.74) is 1.63. The third-order valence-electron chi connectivity index (χ3n) is 10.1. The van der Waals surface area contributed by atoms with E-state index in [-0.39, 0.29) is 23.7 Å². The van der Waals surface area contributed by atoms with Crippen LogP contribution in [-0.4, -0.2) is 71.4 Å². The molecule has 2 fully saturated rings. The second-order valence-corrected chi connectivity index (χ2v) is 12.4. The quantitative estimate of drug-likeness (QED) is 0.420. The van der Waals surface area contributed by atoms with Gasteiger partial charge in [0.05, 0.1) is 23.7 Å². The molecular weight excluding hydrogens is 526 g/mol. The Morgan fingerprint density at radius 1 is 1.20 bits per heavy atom. The van der Waals surface area contributed by atoms with Crippen LogP contribution in [0.4, 0.5) is 0 Å². The summed E-state index contributed by atoms with van der Waals surface area (Å²) in [7, 11) is 1.50. The highest BCUT2D eigenvalue weighted by Crippen LogP contribution is 2.63. The number of methoxy groups -OCH3 is 1. The number of ether oxygens (including phenoxy) is 3. The van der Waals surface area contributed by atoms with Crippen molar-refractivity contribution in [3.05, 3.63) is 69.6 Å². The highest BCUT2D eigenvalue weighted by Gasteiger charge is 2.64. The van der Waals surface area contributed by atoms with Crippen LogP contribution in [0.5, 0.6) is 0 Å². The molecule has 0 bridgehead atoms. The largest absolute Gasteiger partial charge is 0.504 e. The first kappa shape index (κ1) is 27.7. The third-order valence-corrected chi connectivity index (χ3v) is 10.1. The molecule has 9 heteroatoms. The number of fused-ring (bicyclic) bond motifs is 5. The first-order valence-corrected chi connectivity index (χ1v) is 14.3. The smallest absolute Gasteiger partial charge is 0.340 e. The third kappa shape index (κ3) is 4.07. The van der Waals surface area contributed by atoms with Crippen molar-refractivity contribution in [3.63, 3.8) is 0 Å². The summed E-state index contributed by atoms with van der Waals surface area (Å²) < 4.78 is 17.4. The Bertz CT molecular complexity index is 1420. The van der Waals surface area contributed by atoms with Crippen molar-refractivity contribution in [3.8, 4) is 0 Å². The fraction of sp³-hybridized carbons (Fsp3) is 0.531. The number of nitrogens with zero attached hydrogens (tertiary/aromatic N) is 1. The van der Waals surface area contributed by atoms with Crippen LogP contribution in [0.2, 0.25) is 0 Å². The topological polar surface area (TPSA) is 123 Å². The minimum Gasteiger partial charge on any atom is -0.504 e. The number of esters is 2. The number of benzene rings is 1. The molecule has 1 saturated heterocycles. The lowest BCUT2D eigenvalue weighted by molar-refractivity contribution is -0.161. The van der Waals surface area contributed by atoms with Crippen LogP contribution in [0.15, 0.2) is 58.5 Å². The van der Waals surface area contributed by atoms with E-state index in [9.17, 15) is 24.6 Å². The maximum Gasteiger partial charge on any atom is 0.340 e. The zero-order chi connectivity index (χ0) is 29.3. The van der Waals surface area contributed by atoms with Gasteiger partial charge in [0.15, 0.2) is 5.76 Å². The maximum atomic E-state index is 14.1. The molecule has 6 atom stereocenters. The van der Waals surface area contributed by atoms with Gasteiger partial charge >= 0.3 is 11.9 Å². The van der Waals surface area contributed by atoms with E-state index in [1.807, 2.05) is 30.9 Å². The lowest BCUT2D eigenvalue weighted by atomic mass is 9.53. The molecule has 41 heavy (non-hydrogen) atoms. The molecule has 2 heterocycles. The Hall–Kier alpha value is -3.43. The Morgan fingerprint density at radius 3 is 2.63 bits per heavy atom.